The van der Waals surface area contributed by atoms with E-state index in [0.717, 1.165) is 69.1 Å². The molecule has 6 nitrogen and oxygen atoms in total. The summed E-state index contributed by atoms with van der Waals surface area (Å²) < 4.78 is 2.90. The smallest absolute Gasteiger partial charge is 0.334 e. The van der Waals surface area contributed by atoms with E-state index in [1.807, 2.05) is 17.5 Å². The maximum atomic E-state index is 13.3. The van der Waals surface area contributed by atoms with Crippen molar-refractivity contribution in [2.45, 2.75) is 82.8 Å². The molecule has 29 heavy (non-hydrogen) atoms. The zero-order valence-corrected chi connectivity index (χ0v) is 17.6. The lowest BCUT2D eigenvalue weighted by Gasteiger charge is -2.29. The molecule has 0 unspecified atom stereocenters. The SMILES string of the molecule is O=c1c(C=NCc2cccs2)c(O)n(C2CCCCC2)c(=O)n1C1CCCCC1. The van der Waals surface area contributed by atoms with Crippen LogP contribution >= 0.6 is 11.3 Å². The lowest BCUT2D eigenvalue weighted by Crippen LogP contribution is -2.45. The Hall–Kier alpha value is -2.15. The second-order valence-corrected chi connectivity index (χ2v) is 9.23. The van der Waals surface area contributed by atoms with Crippen molar-refractivity contribution in [3.05, 3.63) is 48.8 Å². The summed E-state index contributed by atoms with van der Waals surface area (Å²) in [7, 11) is 0. The summed E-state index contributed by atoms with van der Waals surface area (Å²) in [4.78, 5) is 32.1. The Morgan fingerprint density at radius 2 is 1.62 bits per heavy atom. The average molecular weight is 416 g/mol. The quantitative estimate of drug-likeness (QED) is 0.735. The summed E-state index contributed by atoms with van der Waals surface area (Å²) in [5.41, 5.74) is -0.597. The highest BCUT2D eigenvalue weighted by atomic mass is 32.1. The van der Waals surface area contributed by atoms with Gasteiger partial charge in [-0.15, -0.1) is 11.3 Å². The molecule has 156 valence electrons. The predicted molar refractivity (Wildman–Crippen MR) is 116 cm³/mol. The molecular formula is C22H29N3O3S. The van der Waals surface area contributed by atoms with Gasteiger partial charge >= 0.3 is 5.69 Å². The van der Waals surface area contributed by atoms with Crippen molar-refractivity contribution in [3.8, 4) is 5.88 Å². The van der Waals surface area contributed by atoms with Gasteiger partial charge in [0.1, 0.15) is 5.56 Å². The highest BCUT2D eigenvalue weighted by Crippen LogP contribution is 2.31. The summed E-state index contributed by atoms with van der Waals surface area (Å²) in [5, 5.41) is 12.9. The van der Waals surface area contributed by atoms with E-state index in [1.165, 1.54) is 15.3 Å². The van der Waals surface area contributed by atoms with Crippen LogP contribution < -0.4 is 11.2 Å². The average Bonchev–Trinajstić information content (AvgIpc) is 3.26. The molecule has 2 aliphatic rings. The lowest BCUT2D eigenvalue weighted by atomic mass is 9.94. The number of thiophene rings is 1. The van der Waals surface area contributed by atoms with Crippen LogP contribution in [-0.2, 0) is 6.54 Å². The van der Waals surface area contributed by atoms with E-state index in [0.29, 0.717) is 6.54 Å². The summed E-state index contributed by atoms with van der Waals surface area (Å²) in [6, 6.07) is 3.83. The number of aromatic hydroxyl groups is 1. The molecule has 2 heterocycles. The van der Waals surface area contributed by atoms with Crippen molar-refractivity contribution in [1.82, 2.24) is 9.13 Å². The van der Waals surface area contributed by atoms with Crippen molar-refractivity contribution >= 4 is 17.6 Å². The molecule has 0 atom stereocenters. The monoisotopic (exact) mass is 415 g/mol. The minimum absolute atomic E-state index is 0.0452. The number of aliphatic imine (C=N–C) groups is 1. The fraction of sp³-hybridized carbons (Fsp3) is 0.591. The van der Waals surface area contributed by atoms with Gasteiger partial charge in [0.2, 0.25) is 5.88 Å². The normalized spacial score (nSPS) is 19.2. The van der Waals surface area contributed by atoms with Gasteiger partial charge in [-0.2, -0.15) is 0 Å². The fourth-order valence-corrected chi connectivity index (χ4v) is 5.36. The van der Waals surface area contributed by atoms with E-state index in [2.05, 4.69) is 4.99 Å². The molecule has 2 aliphatic carbocycles. The van der Waals surface area contributed by atoms with Crippen LogP contribution in [0.1, 0.15) is 86.7 Å². The van der Waals surface area contributed by atoms with Gasteiger partial charge in [0.15, 0.2) is 0 Å². The van der Waals surface area contributed by atoms with Crippen LogP contribution in [0.4, 0.5) is 0 Å². The van der Waals surface area contributed by atoms with E-state index in [-0.39, 0.29) is 29.2 Å². The Kier molecular flexibility index (Phi) is 6.33. The van der Waals surface area contributed by atoms with Crippen LogP contribution in [0, 0.1) is 0 Å². The molecule has 2 aromatic rings. The minimum atomic E-state index is -0.401. The van der Waals surface area contributed by atoms with Gasteiger partial charge in [-0.1, -0.05) is 44.6 Å². The largest absolute Gasteiger partial charge is 0.494 e. The molecule has 2 aromatic heterocycles. The predicted octanol–water partition coefficient (Wildman–Crippen LogP) is 4.41. The summed E-state index contributed by atoms with van der Waals surface area (Å²) in [6.07, 6.45) is 11.3. The number of aromatic nitrogens is 2. The van der Waals surface area contributed by atoms with Crippen molar-refractivity contribution in [3.63, 3.8) is 0 Å². The molecular weight excluding hydrogens is 386 g/mol. The molecule has 0 bridgehead atoms. The Balaban J connectivity index is 1.78. The molecule has 0 radical (unpaired) electrons. The number of hydrogen-bond acceptors (Lipinski definition) is 5. The second-order valence-electron chi connectivity index (χ2n) is 8.20. The molecule has 1 N–H and O–H groups in total. The molecule has 2 fully saturated rings. The number of hydrogen-bond donors (Lipinski definition) is 1. The zero-order valence-electron chi connectivity index (χ0n) is 16.8. The lowest BCUT2D eigenvalue weighted by molar-refractivity contribution is 0.271. The first-order valence-electron chi connectivity index (χ1n) is 10.8. The van der Waals surface area contributed by atoms with E-state index in [1.54, 1.807) is 11.3 Å². The molecule has 0 saturated heterocycles. The van der Waals surface area contributed by atoms with Gasteiger partial charge in [-0.25, -0.2) is 4.79 Å². The molecule has 2 saturated carbocycles. The van der Waals surface area contributed by atoms with Gasteiger partial charge in [0.25, 0.3) is 5.56 Å². The van der Waals surface area contributed by atoms with E-state index in [9.17, 15) is 14.7 Å². The molecule has 0 aliphatic heterocycles. The molecule has 7 heteroatoms. The minimum Gasteiger partial charge on any atom is -0.494 e. The first-order valence-corrected chi connectivity index (χ1v) is 11.7. The first kappa shape index (κ1) is 20.1. The first-order chi connectivity index (χ1) is 14.2. The van der Waals surface area contributed by atoms with E-state index >= 15 is 0 Å². The van der Waals surface area contributed by atoms with Crippen LogP contribution in [0.3, 0.4) is 0 Å². The number of rotatable bonds is 5. The van der Waals surface area contributed by atoms with Gasteiger partial charge in [-0.05, 0) is 37.1 Å². The Bertz CT molecular complexity index is 962. The molecule has 0 aromatic carbocycles. The maximum Gasteiger partial charge on any atom is 0.334 e. The third kappa shape index (κ3) is 4.25. The van der Waals surface area contributed by atoms with E-state index in [4.69, 9.17) is 0 Å². The fourth-order valence-electron chi connectivity index (χ4n) is 4.72. The standard InChI is InChI=1S/C22H29N3O3S/c26-20-19(15-23-14-18-12-7-13-29-18)21(27)25(17-10-5-2-6-11-17)22(28)24(20)16-8-3-1-4-9-16/h7,12-13,15-17,26H,1-6,8-11,14H2. The van der Waals surface area contributed by atoms with Gasteiger partial charge in [0.05, 0.1) is 6.54 Å². The van der Waals surface area contributed by atoms with Crippen LogP contribution in [-0.4, -0.2) is 20.5 Å². The van der Waals surface area contributed by atoms with Crippen molar-refractivity contribution in [2.75, 3.05) is 0 Å². The van der Waals surface area contributed by atoms with Gasteiger partial charge in [0, 0.05) is 23.2 Å². The topological polar surface area (TPSA) is 76.6 Å². The molecule has 0 amide bonds. The maximum absolute atomic E-state index is 13.3. The highest BCUT2D eigenvalue weighted by molar-refractivity contribution is 7.09. The van der Waals surface area contributed by atoms with Crippen LogP contribution in [0.5, 0.6) is 5.88 Å². The summed E-state index contributed by atoms with van der Waals surface area (Å²) in [5.74, 6) is -0.214. The Morgan fingerprint density at radius 1 is 1.00 bits per heavy atom. The molecule has 0 spiro atoms. The van der Waals surface area contributed by atoms with Crippen molar-refractivity contribution < 1.29 is 5.11 Å². The zero-order chi connectivity index (χ0) is 20.2. The van der Waals surface area contributed by atoms with E-state index < -0.39 is 5.56 Å². The Morgan fingerprint density at radius 3 is 2.21 bits per heavy atom. The third-order valence-corrected chi connectivity index (χ3v) is 7.12. The van der Waals surface area contributed by atoms with Crippen LogP contribution in [0.15, 0.2) is 32.1 Å². The molecule has 4 rings (SSSR count). The second kappa shape index (κ2) is 9.11. The van der Waals surface area contributed by atoms with Crippen LogP contribution in [0.25, 0.3) is 0 Å². The summed E-state index contributed by atoms with van der Waals surface area (Å²) in [6.45, 7) is 0.461. The summed E-state index contributed by atoms with van der Waals surface area (Å²) >= 11 is 1.61. The Labute approximate surface area is 174 Å². The van der Waals surface area contributed by atoms with Crippen LogP contribution in [0.2, 0.25) is 0 Å². The highest BCUT2D eigenvalue weighted by Gasteiger charge is 2.28. The van der Waals surface area contributed by atoms with Gasteiger partial charge in [-0.3, -0.25) is 18.9 Å². The number of nitrogens with zero attached hydrogens (tertiary/aromatic N) is 3. The van der Waals surface area contributed by atoms with Crippen molar-refractivity contribution in [1.29, 1.82) is 0 Å². The third-order valence-electron chi connectivity index (χ3n) is 6.26. The van der Waals surface area contributed by atoms with Crippen molar-refractivity contribution in [2.24, 2.45) is 4.99 Å². The van der Waals surface area contributed by atoms with Gasteiger partial charge < -0.3 is 5.11 Å².